The summed E-state index contributed by atoms with van der Waals surface area (Å²) in [6.07, 6.45) is 10.2. The molecule has 0 spiro atoms. The molecule has 0 amide bonds. The summed E-state index contributed by atoms with van der Waals surface area (Å²) in [5, 5.41) is 8.40. The maximum atomic E-state index is 5.85. The Bertz CT molecular complexity index is 1410. The van der Waals surface area contributed by atoms with E-state index in [4.69, 9.17) is 9.47 Å². The van der Waals surface area contributed by atoms with Crippen LogP contribution in [-0.4, -0.2) is 53.5 Å². The highest BCUT2D eigenvalue weighted by Gasteiger charge is 2.15. The van der Waals surface area contributed by atoms with E-state index in [1.807, 2.05) is 30.5 Å². The maximum absolute atomic E-state index is 5.85. The van der Waals surface area contributed by atoms with Gasteiger partial charge in [-0.1, -0.05) is 18.2 Å². The molecule has 4 heterocycles. The summed E-state index contributed by atoms with van der Waals surface area (Å²) >= 11 is 0. The fourth-order valence-electron chi connectivity index (χ4n) is 3.83. The molecular formula is C25H25N7O2. The molecule has 0 atom stereocenters. The van der Waals surface area contributed by atoms with E-state index in [-0.39, 0.29) is 0 Å². The molecule has 5 rings (SSSR count). The molecule has 1 aliphatic rings. The van der Waals surface area contributed by atoms with Gasteiger partial charge in [0.25, 0.3) is 0 Å². The summed E-state index contributed by atoms with van der Waals surface area (Å²) < 4.78 is 11.5. The smallest absolute Gasteiger partial charge is 0.226 e. The predicted molar refractivity (Wildman–Crippen MR) is 135 cm³/mol. The van der Waals surface area contributed by atoms with Crippen LogP contribution >= 0.6 is 0 Å². The Hall–Kier alpha value is -4.40. The van der Waals surface area contributed by atoms with Gasteiger partial charge in [0.15, 0.2) is 0 Å². The third-order valence-corrected chi connectivity index (χ3v) is 5.46. The fraction of sp³-hybridized carbons (Fsp3) is 0.200. The van der Waals surface area contributed by atoms with E-state index in [2.05, 4.69) is 54.4 Å². The monoisotopic (exact) mass is 455 g/mol. The molecule has 1 aromatic carbocycles. The molecule has 3 aromatic heterocycles. The molecule has 4 aromatic rings. The van der Waals surface area contributed by atoms with Crippen LogP contribution in [0.5, 0.6) is 5.75 Å². The van der Waals surface area contributed by atoms with E-state index in [1.54, 1.807) is 19.3 Å². The van der Waals surface area contributed by atoms with Crippen molar-refractivity contribution in [2.45, 2.75) is 6.42 Å². The number of nitrogens with one attached hydrogen (secondary N) is 3. The van der Waals surface area contributed by atoms with Crippen LogP contribution < -0.4 is 15.4 Å². The number of hydrogen-bond acceptors (Lipinski definition) is 8. The average molecular weight is 456 g/mol. The highest BCUT2D eigenvalue weighted by atomic mass is 16.5. The molecule has 1 aliphatic heterocycles. The van der Waals surface area contributed by atoms with Crippen molar-refractivity contribution in [3.8, 4) is 16.9 Å². The number of H-pyrrole nitrogens is 1. The number of allylic oxidation sites excluding steroid dienone is 2. The van der Waals surface area contributed by atoms with Crippen molar-refractivity contribution in [2.75, 3.05) is 37.4 Å². The molecule has 0 unspecified atom stereocenters. The van der Waals surface area contributed by atoms with Crippen LogP contribution in [0.2, 0.25) is 0 Å². The first-order valence-corrected chi connectivity index (χ1v) is 11.1. The van der Waals surface area contributed by atoms with Crippen LogP contribution in [0.3, 0.4) is 0 Å². The molecule has 0 fully saturated rings. The zero-order chi connectivity index (χ0) is 23.3. The second kappa shape index (κ2) is 9.62. The second-order valence-corrected chi connectivity index (χ2v) is 7.65. The van der Waals surface area contributed by atoms with Crippen molar-refractivity contribution in [3.63, 3.8) is 0 Å². The number of fused-ring (bicyclic) bond motifs is 3. The number of pyridine rings is 1. The fourth-order valence-corrected chi connectivity index (χ4v) is 3.83. The quantitative estimate of drug-likeness (QED) is 0.381. The minimum Gasteiger partial charge on any atom is -0.488 e. The molecule has 0 radical (unpaired) electrons. The number of anilines is 2. The molecule has 0 saturated heterocycles. The average Bonchev–Trinajstić information content (AvgIpc) is 3.30. The van der Waals surface area contributed by atoms with Crippen LogP contribution in [0, 0.1) is 0 Å². The number of aromatic amines is 1. The standard InChI is InChI=1S/C25H25N7O2/c1-26-21-6-4-3-5-9-28-23-22-19(15-30-24(22)32-25(27-2)31-23)16-7-8-20-17(12-16)13-18(14-29-20)33-10-11-34-21/h3-4,6-8,12-15H,1,5,9-11H2,2H3,(H3,27,28,30,31,32)/b4-3-,21-6+. The molecule has 3 bridgehead atoms. The first-order valence-electron chi connectivity index (χ1n) is 11.1. The minimum atomic E-state index is 0.349. The maximum Gasteiger partial charge on any atom is 0.226 e. The van der Waals surface area contributed by atoms with Crippen molar-refractivity contribution in [2.24, 2.45) is 4.99 Å². The van der Waals surface area contributed by atoms with E-state index in [0.29, 0.717) is 37.3 Å². The van der Waals surface area contributed by atoms with Gasteiger partial charge in [0.1, 0.15) is 30.4 Å². The number of aromatic nitrogens is 4. The van der Waals surface area contributed by atoms with Crippen LogP contribution in [0.25, 0.3) is 33.1 Å². The van der Waals surface area contributed by atoms with E-state index in [9.17, 15) is 0 Å². The Kier molecular flexibility index (Phi) is 6.07. The van der Waals surface area contributed by atoms with Crippen LogP contribution in [-0.2, 0) is 4.74 Å². The van der Waals surface area contributed by atoms with Gasteiger partial charge in [-0.3, -0.25) is 4.98 Å². The number of hydrogen-bond donors (Lipinski definition) is 3. The van der Waals surface area contributed by atoms with Crippen molar-refractivity contribution < 1.29 is 9.47 Å². The summed E-state index contributed by atoms with van der Waals surface area (Å²) in [4.78, 5) is 21.0. The predicted octanol–water partition coefficient (Wildman–Crippen LogP) is 4.52. The van der Waals surface area contributed by atoms with Gasteiger partial charge in [0.05, 0.1) is 17.1 Å². The van der Waals surface area contributed by atoms with Gasteiger partial charge >= 0.3 is 0 Å². The highest BCUT2D eigenvalue weighted by Crippen LogP contribution is 2.34. The minimum absolute atomic E-state index is 0.349. The third-order valence-electron chi connectivity index (χ3n) is 5.46. The lowest BCUT2D eigenvalue weighted by atomic mass is 10.0. The van der Waals surface area contributed by atoms with E-state index >= 15 is 0 Å². The number of benzene rings is 1. The normalized spacial score (nSPS) is 16.9. The Morgan fingerprint density at radius 2 is 2.06 bits per heavy atom. The lowest BCUT2D eigenvalue weighted by Gasteiger charge is -2.10. The summed E-state index contributed by atoms with van der Waals surface area (Å²) in [5.41, 5.74) is 3.70. The first kappa shape index (κ1) is 21.4. The van der Waals surface area contributed by atoms with Gasteiger partial charge < -0.3 is 25.1 Å². The first-order chi connectivity index (χ1) is 16.7. The van der Waals surface area contributed by atoms with Crippen LogP contribution in [0.1, 0.15) is 6.42 Å². The topological polar surface area (TPSA) is 109 Å². The second-order valence-electron chi connectivity index (χ2n) is 7.65. The van der Waals surface area contributed by atoms with Crippen molar-refractivity contribution in [3.05, 3.63) is 60.8 Å². The summed E-state index contributed by atoms with van der Waals surface area (Å²) in [6, 6.07) is 8.15. The number of nitrogens with zero attached hydrogens (tertiary/aromatic N) is 4. The number of ether oxygens (including phenoxy) is 2. The third kappa shape index (κ3) is 4.40. The zero-order valence-corrected chi connectivity index (χ0v) is 18.8. The molecular weight excluding hydrogens is 430 g/mol. The Balaban J connectivity index is 1.60. The van der Waals surface area contributed by atoms with Crippen molar-refractivity contribution in [1.29, 1.82) is 0 Å². The van der Waals surface area contributed by atoms with Crippen molar-refractivity contribution >= 4 is 40.4 Å². The van der Waals surface area contributed by atoms with Gasteiger partial charge in [0.2, 0.25) is 11.8 Å². The Morgan fingerprint density at radius 1 is 1.15 bits per heavy atom. The van der Waals surface area contributed by atoms with E-state index < -0.39 is 0 Å². The largest absolute Gasteiger partial charge is 0.488 e. The van der Waals surface area contributed by atoms with Gasteiger partial charge in [-0.05, 0) is 43.0 Å². The number of aliphatic imine (C=N–C) groups is 1. The molecule has 0 aliphatic carbocycles. The highest BCUT2D eigenvalue weighted by molar-refractivity contribution is 6.02. The van der Waals surface area contributed by atoms with Gasteiger partial charge in [0, 0.05) is 30.7 Å². The molecule has 0 saturated carbocycles. The van der Waals surface area contributed by atoms with Gasteiger partial charge in [-0.2, -0.15) is 9.97 Å². The molecule has 172 valence electrons. The number of rotatable bonds is 2. The van der Waals surface area contributed by atoms with Gasteiger partial charge in [-0.25, -0.2) is 4.99 Å². The summed E-state index contributed by atoms with van der Waals surface area (Å²) in [5.74, 6) is 2.43. The van der Waals surface area contributed by atoms with E-state index in [1.165, 1.54) is 0 Å². The lowest BCUT2D eigenvalue weighted by molar-refractivity contribution is 0.155. The lowest BCUT2D eigenvalue weighted by Crippen LogP contribution is -2.06. The molecule has 34 heavy (non-hydrogen) atoms. The Morgan fingerprint density at radius 3 is 2.94 bits per heavy atom. The Labute approximate surface area is 196 Å². The summed E-state index contributed by atoms with van der Waals surface area (Å²) in [7, 11) is 1.81. The molecule has 9 nitrogen and oxygen atoms in total. The van der Waals surface area contributed by atoms with E-state index in [0.717, 1.165) is 45.3 Å². The molecule has 3 N–H and O–H groups in total. The van der Waals surface area contributed by atoms with Crippen molar-refractivity contribution in [1.82, 2.24) is 19.9 Å². The SMILES string of the molecule is C=N/C1=C\C=C/CCNc2nc(NC)nc3[nH]cc(c23)-c2ccc3ncc(cc3c2)OCCO1. The molecule has 9 heteroatoms. The van der Waals surface area contributed by atoms with Crippen LogP contribution in [0.15, 0.2) is 65.8 Å². The zero-order valence-electron chi connectivity index (χ0n) is 18.8. The van der Waals surface area contributed by atoms with Gasteiger partial charge in [-0.15, -0.1) is 0 Å². The van der Waals surface area contributed by atoms with Crippen LogP contribution in [0.4, 0.5) is 11.8 Å². The summed E-state index contributed by atoms with van der Waals surface area (Å²) in [6.45, 7) is 4.98.